The smallest absolute Gasteiger partial charge is 0.0949 e. The molecule has 0 amide bonds. The maximum atomic E-state index is 9.85. The topological polar surface area (TPSA) is 66.5 Å². The molecule has 0 fully saturated rings. The molecule has 0 unspecified atom stereocenters. The van der Waals surface area contributed by atoms with E-state index < -0.39 is 12.2 Å². The van der Waals surface area contributed by atoms with Crippen molar-refractivity contribution < 1.29 is 10.2 Å². The van der Waals surface area contributed by atoms with Crippen LogP contribution in [0.2, 0.25) is 0 Å². The van der Waals surface area contributed by atoms with E-state index >= 15 is 0 Å². The Morgan fingerprint density at radius 2 is 1.09 bits per heavy atom. The number of nitrogens with two attached hydrogens (primary N) is 1. The quantitative estimate of drug-likeness (QED) is 0.366. The van der Waals surface area contributed by atoms with Gasteiger partial charge in [-0.05, 0) is 12.8 Å². The molecular weight excluding hydrogens is 274 g/mol. The predicted molar refractivity (Wildman–Crippen MR) is 96.0 cm³/mol. The molecule has 0 aliphatic carbocycles. The van der Waals surface area contributed by atoms with Gasteiger partial charge >= 0.3 is 0 Å². The Balaban J connectivity index is 3.26. The van der Waals surface area contributed by atoms with Crippen molar-refractivity contribution in [2.45, 2.75) is 122 Å². The summed E-state index contributed by atoms with van der Waals surface area (Å²) in [6.45, 7) is 4.20. The first-order valence-corrected chi connectivity index (χ1v) is 9.75. The van der Waals surface area contributed by atoms with Gasteiger partial charge in [0.15, 0.2) is 0 Å². The first kappa shape index (κ1) is 21.9. The molecule has 4 N–H and O–H groups in total. The lowest BCUT2D eigenvalue weighted by Gasteiger charge is -2.22. The van der Waals surface area contributed by atoms with Crippen LogP contribution in [0.5, 0.6) is 0 Å². The van der Waals surface area contributed by atoms with Crippen LogP contribution in [0.15, 0.2) is 0 Å². The molecule has 22 heavy (non-hydrogen) atoms. The van der Waals surface area contributed by atoms with E-state index in [4.69, 9.17) is 5.73 Å². The van der Waals surface area contributed by atoms with E-state index in [2.05, 4.69) is 6.92 Å². The summed E-state index contributed by atoms with van der Waals surface area (Å²) in [5.74, 6) is 0. The summed E-state index contributed by atoms with van der Waals surface area (Å²) >= 11 is 0. The largest absolute Gasteiger partial charge is 0.390 e. The number of hydrogen-bond donors (Lipinski definition) is 3. The van der Waals surface area contributed by atoms with Gasteiger partial charge in [0.2, 0.25) is 0 Å². The van der Waals surface area contributed by atoms with Gasteiger partial charge in [-0.25, -0.2) is 0 Å². The van der Waals surface area contributed by atoms with Crippen LogP contribution in [0.1, 0.15) is 104 Å². The van der Waals surface area contributed by atoms with Gasteiger partial charge in [0, 0.05) is 6.04 Å². The molecule has 0 spiro atoms. The van der Waals surface area contributed by atoms with Crippen molar-refractivity contribution in [2.24, 2.45) is 5.73 Å². The summed E-state index contributed by atoms with van der Waals surface area (Å²) in [7, 11) is 0. The minimum Gasteiger partial charge on any atom is -0.390 e. The molecule has 3 heteroatoms. The molecule has 134 valence electrons. The van der Waals surface area contributed by atoms with E-state index in [0.717, 1.165) is 12.8 Å². The van der Waals surface area contributed by atoms with Gasteiger partial charge in [-0.3, -0.25) is 0 Å². The monoisotopic (exact) mass is 315 g/mol. The molecule has 3 atom stereocenters. The van der Waals surface area contributed by atoms with Gasteiger partial charge < -0.3 is 15.9 Å². The zero-order chi connectivity index (χ0) is 16.6. The molecule has 0 bridgehead atoms. The lowest BCUT2D eigenvalue weighted by molar-refractivity contribution is -0.00222. The van der Waals surface area contributed by atoms with Crippen molar-refractivity contribution in [3.8, 4) is 0 Å². The second-order valence-electron chi connectivity index (χ2n) is 6.81. The lowest BCUT2D eigenvalue weighted by atomic mass is 9.98. The summed E-state index contributed by atoms with van der Waals surface area (Å²) in [5.41, 5.74) is 5.74. The molecule has 0 radical (unpaired) electrons. The normalized spacial score (nSPS) is 15.7. The molecule has 0 aliphatic heterocycles. The maximum absolute atomic E-state index is 9.85. The van der Waals surface area contributed by atoms with Gasteiger partial charge in [-0.2, -0.15) is 0 Å². The standard InChI is InChI=1S/C19H41NO2/c1-3-5-6-7-8-9-10-11-12-13-14-15-16-18(21)19(22)17(20)4-2/h17-19,21-22H,3-16,20H2,1-2H3/t17-,18+,19-/m0/s1. The molecule has 0 saturated carbocycles. The summed E-state index contributed by atoms with van der Waals surface area (Å²) < 4.78 is 0. The SMILES string of the molecule is CCCCCCCCCCCCCC[C@@H](O)[C@@H](O)[C@@H](N)CC. The second kappa shape index (κ2) is 15.8. The summed E-state index contributed by atoms with van der Waals surface area (Å²) in [5, 5.41) is 19.6. The van der Waals surface area contributed by atoms with Crippen LogP contribution in [0.25, 0.3) is 0 Å². The van der Waals surface area contributed by atoms with Crippen LogP contribution in [0.3, 0.4) is 0 Å². The number of rotatable bonds is 16. The van der Waals surface area contributed by atoms with Crippen molar-refractivity contribution in [3.63, 3.8) is 0 Å². The average molecular weight is 316 g/mol. The van der Waals surface area contributed by atoms with Crippen LogP contribution in [0, 0.1) is 0 Å². The molecule has 0 aliphatic rings. The Kier molecular flexibility index (Phi) is 15.7. The third kappa shape index (κ3) is 12.4. The maximum Gasteiger partial charge on any atom is 0.0949 e. The van der Waals surface area contributed by atoms with Crippen molar-refractivity contribution in [2.75, 3.05) is 0 Å². The number of unbranched alkanes of at least 4 members (excludes halogenated alkanes) is 11. The average Bonchev–Trinajstić information content (AvgIpc) is 2.54. The first-order chi connectivity index (χ1) is 10.6. The zero-order valence-corrected chi connectivity index (χ0v) is 15.1. The van der Waals surface area contributed by atoms with E-state index in [0.29, 0.717) is 12.8 Å². The molecule has 0 heterocycles. The number of aliphatic hydroxyl groups is 2. The Morgan fingerprint density at radius 3 is 1.50 bits per heavy atom. The Hall–Kier alpha value is -0.120. The van der Waals surface area contributed by atoms with E-state index in [1.165, 1.54) is 64.2 Å². The molecule has 0 aromatic carbocycles. The van der Waals surface area contributed by atoms with Crippen LogP contribution in [-0.4, -0.2) is 28.5 Å². The highest BCUT2D eigenvalue weighted by atomic mass is 16.3. The third-order valence-corrected chi connectivity index (χ3v) is 4.66. The van der Waals surface area contributed by atoms with Crippen molar-refractivity contribution >= 4 is 0 Å². The first-order valence-electron chi connectivity index (χ1n) is 9.75. The fraction of sp³-hybridized carbons (Fsp3) is 1.00. The predicted octanol–water partition coefficient (Wildman–Crippen LogP) is 4.54. The zero-order valence-electron chi connectivity index (χ0n) is 15.1. The highest BCUT2D eigenvalue weighted by molar-refractivity contribution is 4.77. The van der Waals surface area contributed by atoms with Crippen molar-refractivity contribution in [1.29, 1.82) is 0 Å². The Morgan fingerprint density at radius 1 is 0.682 bits per heavy atom. The van der Waals surface area contributed by atoms with Gasteiger partial charge in [0.1, 0.15) is 0 Å². The molecule has 0 aromatic heterocycles. The Labute approximate surface area is 138 Å². The highest BCUT2D eigenvalue weighted by Gasteiger charge is 2.21. The van der Waals surface area contributed by atoms with Crippen LogP contribution in [0.4, 0.5) is 0 Å². The van der Waals surface area contributed by atoms with Crippen LogP contribution < -0.4 is 5.73 Å². The highest BCUT2D eigenvalue weighted by Crippen LogP contribution is 2.14. The molecule has 3 nitrogen and oxygen atoms in total. The van der Waals surface area contributed by atoms with E-state index in [1.54, 1.807) is 0 Å². The molecule has 0 rings (SSSR count). The number of hydrogen-bond acceptors (Lipinski definition) is 3. The van der Waals surface area contributed by atoms with Crippen LogP contribution >= 0.6 is 0 Å². The number of aliphatic hydroxyl groups excluding tert-OH is 2. The second-order valence-corrected chi connectivity index (χ2v) is 6.81. The van der Waals surface area contributed by atoms with Crippen molar-refractivity contribution in [1.82, 2.24) is 0 Å². The third-order valence-electron chi connectivity index (χ3n) is 4.66. The molecular formula is C19H41NO2. The van der Waals surface area contributed by atoms with E-state index in [-0.39, 0.29) is 6.04 Å². The van der Waals surface area contributed by atoms with Crippen LogP contribution in [-0.2, 0) is 0 Å². The summed E-state index contributed by atoms with van der Waals surface area (Å²) in [4.78, 5) is 0. The minimum absolute atomic E-state index is 0.299. The fourth-order valence-corrected chi connectivity index (χ4v) is 2.89. The summed E-state index contributed by atoms with van der Waals surface area (Å²) in [6, 6.07) is -0.299. The van der Waals surface area contributed by atoms with Gasteiger partial charge in [0.25, 0.3) is 0 Å². The molecule has 0 saturated heterocycles. The molecule has 0 aromatic rings. The minimum atomic E-state index is -0.766. The van der Waals surface area contributed by atoms with Crippen molar-refractivity contribution in [3.05, 3.63) is 0 Å². The fourth-order valence-electron chi connectivity index (χ4n) is 2.89. The van der Waals surface area contributed by atoms with Gasteiger partial charge in [-0.15, -0.1) is 0 Å². The summed E-state index contributed by atoms with van der Waals surface area (Å²) in [6.07, 6.45) is 15.7. The Bertz CT molecular complexity index is 223. The van der Waals surface area contributed by atoms with Gasteiger partial charge in [-0.1, -0.05) is 90.9 Å². The van der Waals surface area contributed by atoms with E-state index in [9.17, 15) is 10.2 Å². The lowest BCUT2D eigenvalue weighted by Crippen LogP contribution is -2.42. The van der Waals surface area contributed by atoms with Gasteiger partial charge in [0.05, 0.1) is 12.2 Å². The van der Waals surface area contributed by atoms with E-state index in [1.807, 2.05) is 6.92 Å².